The summed E-state index contributed by atoms with van der Waals surface area (Å²) in [5.41, 5.74) is -0.114. The number of morpholine rings is 1. The zero-order valence-electron chi connectivity index (χ0n) is 14.2. The van der Waals surface area contributed by atoms with Crippen molar-refractivity contribution in [1.29, 1.82) is 0 Å². The minimum atomic E-state index is -4.27. The number of hydrogen-bond acceptors (Lipinski definition) is 4. The van der Waals surface area contributed by atoms with Crippen LogP contribution < -0.4 is 0 Å². The maximum absolute atomic E-state index is 13.5. The first kappa shape index (κ1) is 18.9. The van der Waals surface area contributed by atoms with Gasteiger partial charge in [-0.2, -0.15) is 9.40 Å². The van der Waals surface area contributed by atoms with E-state index in [2.05, 4.69) is 5.10 Å². The number of alkyl halides is 2. The third-order valence-electron chi connectivity index (χ3n) is 4.32. The summed E-state index contributed by atoms with van der Waals surface area (Å²) in [4.78, 5) is 0. The fourth-order valence-corrected chi connectivity index (χ4v) is 5.09. The van der Waals surface area contributed by atoms with Gasteiger partial charge in [0.05, 0.1) is 30.5 Å². The maximum atomic E-state index is 13.5. The fraction of sp³-hybridized carbons (Fsp3) is 0.438. The molecule has 0 amide bonds. The molecular weight excluding hydrogens is 371 g/mol. The molecule has 10 heteroatoms. The molecule has 3 rings (SSSR count). The average Bonchev–Trinajstić information content (AvgIpc) is 2.90. The first-order chi connectivity index (χ1) is 12.2. The molecule has 26 heavy (non-hydrogen) atoms. The zero-order valence-corrected chi connectivity index (χ0v) is 15.0. The fourth-order valence-electron chi connectivity index (χ4n) is 3.15. The summed E-state index contributed by atoms with van der Waals surface area (Å²) in [6, 6.07) is 4.61. The molecule has 1 aromatic heterocycles. The smallest absolute Gasteiger partial charge is 0.268 e. The van der Waals surface area contributed by atoms with E-state index in [1.807, 2.05) is 0 Å². The highest BCUT2D eigenvalue weighted by Gasteiger charge is 2.40. The quantitative estimate of drug-likeness (QED) is 0.806. The third kappa shape index (κ3) is 3.24. The molecule has 0 aliphatic carbocycles. The Morgan fingerprint density at radius 2 is 1.92 bits per heavy atom. The average molecular weight is 389 g/mol. The highest BCUT2D eigenvalue weighted by Crippen LogP contribution is 2.35. The minimum absolute atomic E-state index is 0.00270. The molecule has 2 heterocycles. The Morgan fingerprint density at radius 1 is 1.27 bits per heavy atom. The van der Waals surface area contributed by atoms with Crippen LogP contribution >= 0.6 is 0 Å². The Kier molecular flexibility index (Phi) is 5.09. The Labute approximate surface area is 149 Å². The van der Waals surface area contributed by atoms with Gasteiger partial charge in [0.1, 0.15) is 5.82 Å². The summed E-state index contributed by atoms with van der Waals surface area (Å²) < 4.78 is 74.0. The molecule has 1 atom stereocenters. The molecule has 1 fully saturated rings. The van der Waals surface area contributed by atoms with Gasteiger partial charge in [0.25, 0.3) is 16.4 Å². The summed E-state index contributed by atoms with van der Waals surface area (Å²) in [6.45, 7) is 1.53. The summed E-state index contributed by atoms with van der Waals surface area (Å²) in [6.07, 6.45) is -2.97. The van der Waals surface area contributed by atoms with Crippen molar-refractivity contribution in [3.8, 4) is 0 Å². The van der Waals surface area contributed by atoms with Crippen molar-refractivity contribution in [2.45, 2.75) is 24.4 Å². The van der Waals surface area contributed by atoms with Gasteiger partial charge in [-0.25, -0.2) is 21.6 Å². The SMILES string of the molecule is Cc1nn(C)c(S(=O)(=O)N2CCOCC2c2ccc(F)cc2)c1C(F)F. The molecule has 1 unspecified atom stereocenters. The molecule has 0 saturated carbocycles. The minimum Gasteiger partial charge on any atom is -0.378 e. The second-order valence-corrected chi connectivity index (χ2v) is 7.79. The van der Waals surface area contributed by atoms with Gasteiger partial charge in [-0.3, -0.25) is 4.68 Å². The Morgan fingerprint density at radius 3 is 2.54 bits per heavy atom. The summed E-state index contributed by atoms with van der Waals surface area (Å²) in [7, 11) is -2.96. The highest BCUT2D eigenvalue weighted by molar-refractivity contribution is 7.89. The monoisotopic (exact) mass is 389 g/mol. The number of nitrogens with zero attached hydrogens (tertiary/aromatic N) is 3. The van der Waals surface area contributed by atoms with E-state index < -0.39 is 38.9 Å². The van der Waals surface area contributed by atoms with Crippen LogP contribution in [0, 0.1) is 12.7 Å². The van der Waals surface area contributed by atoms with Crippen LogP contribution in [0.3, 0.4) is 0 Å². The Hall–Kier alpha value is -1.91. The number of aromatic nitrogens is 2. The second-order valence-electron chi connectivity index (χ2n) is 5.99. The van der Waals surface area contributed by atoms with Crippen LogP contribution in [0.5, 0.6) is 0 Å². The number of hydrogen-bond donors (Lipinski definition) is 0. The van der Waals surface area contributed by atoms with Crippen LogP contribution in [-0.4, -0.2) is 42.3 Å². The van der Waals surface area contributed by atoms with Crippen LogP contribution in [0.2, 0.25) is 0 Å². The van der Waals surface area contributed by atoms with Crippen molar-refractivity contribution in [2.75, 3.05) is 19.8 Å². The number of ether oxygens (including phenoxy) is 1. The lowest BCUT2D eigenvalue weighted by molar-refractivity contribution is 0.0317. The van der Waals surface area contributed by atoms with E-state index in [9.17, 15) is 21.6 Å². The van der Waals surface area contributed by atoms with Crippen LogP contribution in [-0.2, 0) is 21.8 Å². The van der Waals surface area contributed by atoms with E-state index in [0.29, 0.717) is 5.56 Å². The van der Waals surface area contributed by atoms with Crippen LogP contribution in [0.1, 0.15) is 29.3 Å². The van der Waals surface area contributed by atoms with Gasteiger partial charge in [0, 0.05) is 13.6 Å². The number of aryl methyl sites for hydroxylation is 2. The van der Waals surface area contributed by atoms with Gasteiger partial charge in [0.15, 0.2) is 5.03 Å². The summed E-state index contributed by atoms with van der Waals surface area (Å²) >= 11 is 0. The van der Waals surface area contributed by atoms with E-state index >= 15 is 0 Å². The predicted octanol–water partition coefficient (Wildman–Crippen LogP) is 2.57. The molecule has 0 bridgehead atoms. The lowest BCUT2D eigenvalue weighted by atomic mass is 10.1. The zero-order chi connectivity index (χ0) is 19.1. The van der Waals surface area contributed by atoms with Crippen LogP contribution in [0.15, 0.2) is 29.3 Å². The second kappa shape index (κ2) is 7.01. The standard InChI is InChI=1S/C16H18F3N3O3S/c1-10-14(15(18)19)16(21(2)20-10)26(23,24)22-7-8-25-9-13(22)11-3-5-12(17)6-4-11/h3-6,13,15H,7-9H2,1-2H3. The predicted molar refractivity (Wildman–Crippen MR) is 86.8 cm³/mol. The molecule has 6 nitrogen and oxygen atoms in total. The van der Waals surface area contributed by atoms with E-state index in [1.54, 1.807) is 0 Å². The van der Waals surface area contributed by atoms with Crippen molar-refractivity contribution in [2.24, 2.45) is 7.05 Å². The first-order valence-electron chi connectivity index (χ1n) is 7.90. The van der Waals surface area contributed by atoms with Crippen molar-refractivity contribution < 1.29 is 26.3 Å². The van der Waals surface area contributed by atoms with Crippen molar-refractivity contribution in [3.05, 3.63) is 46.9 Å². The lowest BCUT2D eigenvalue weighted by Crippen LogP contribution is -2.44. The molecule has 1 aliphatic rings. The summed E-state index contributed by atoms with van der Waals surface area (Å²) in [5, 5.41) is 3.32. The largest absolute Gasteiger partial charge is 0.378 e. The van der Waals surface area contributed by atoms with Crippen LogP contribution in [0.25, 0.3) is 0 Å². The van der Waals surface area contributed by atoms with E-state index in [0.717, 1.165) is 8.99 Å². The number of benzene rings is 1. The third-order valence-corrected chi connectivity index (χ3v) is 6.35. The maximum Gasteiger partial charge on any atom is 0.268 e. The van der Waals surface area contributed by atoms with E-state index in [1.165, 1.54) is 38.2 Å². The number of rotatable bonds is 4. The Balaban J connectivity index is 2.09. The molecular formula is C16H18F3N3O3S. The van der Waals surface area contributed by atoms with Gasteiger partial charge in [-0.05, 0) is 24.6 Å². The van der Waals surface area contributed by atoms with Crippen molar-refractivity contribution in [1.82, 2.24) is 14.1 Å². The Bertz CT molecular complexity index is 897. The van der Waals surface area contributed by atoms with E-state index in [4.69, 9.17) is 4.74 Å². The summed E-state index contributed by atoms with van der Waals surface area (Å²) in [5.74, 6) is -0.456. The van der Waals surface area contributed by atoms with Gasteiger partial charge >= 0.3 is 0 Å². The van der Waals surface area contributed by atoms with Gasteiger partial charge in [-0.1, -0.05) is 12.1 Å². The van der Waals surface area contributed by atoms with Crippen molar-refractivity contribution in [3.63, 3.8) is 0 Å². The van der Waals surface area contributed by atoms with Crippen molar-refractivity contribution >= 4 is 10.0 Å². The van der Waals surface area contributed by atoms with E-state index in [-0.39, 0.29) is 25.5 Å². The molecule has 142 valence electrons. The van der Waals surface area contributed by atoms with Gasteiger partial charge < -0.3 is 4.74 Å². The molecule has 1 aliphatic heterocycles. The molecule has 0 spiro atoms. The number of halogens is 3. The lowest BCUT2D eigenvalue weighted by Gasteiger charge is -2.35. The molecule has 1 aromatic carbocycles. The van der Waals surface area contributed by atoms with Crippen LogP contribution in [0.4, 0.5) is 13.2 Å². The topological polar surface area (TPSA) is 64.4 Å². The van der Waals surface area contributed by atoms with Gasteiger partial charge in [-0.15, -0.1) is 0 Å². The molecule has 1 saturated heterocycles. The number of sulfonamides is 1. The molecule has 0 radical (unpaired) electrons. The molecule has 0 N–H and O–H groups in total. The molecule has 2 aromatic rings. The van der Waals surface area contributed by atoms with Gasteiger partial charge in [0.2, 0.25) is 0 Å². The first-order valence-corrected chi connectivity index (χ1v) is 9.34. The normalized spacial score (nSPS) is 19.2. The highest BCUT2D eigenvalue weighted by atomic mass is 32.2.